The number of hydrogen-bond donors (Lipinski definition) is 7. The van der Waals surface area contributed by atoms with Crippen molar-refractivity contribution in [3.63, 3.8) is 0 Å². The van der Waals surface area contributed by atoms with Crippen molar-refractivity contribution in [3.05, 3.63) is 0 Å². The molecule has 0 aromatic heterocycles. The van der Waals surface area contributed by atoms with Crippen molar-refractivity contribution in [1.29, 1.82) is 0 Å². The minimum absolute atomic E-state index is 0.160. The highest BCUT2D eigenvalue weighted by Crippen LogP contribution is 2.07. The topological polar surface area (TPSA) is 225 Å². The molecule has 0 heterocycles. The lowest BCUT2D eigenvalue weighted by molar-refractivity contribution is -0.143. The molecule has 0 aliphatic rings. The Kier molecular flexibility index (Phi) is 13.7. The first-order valence-corrected chi connectivity index (χ1v) is 11.5. The van der Waals surface area contributed by atoms with Gasteiger partial charge in [0.25, 0.3) is 0 Å². The number of carboxylic acids is 3. The molecule has 33 heavy (non-hydrogen) atoms. The maximum atomic E-state index is 12.7. The molecule has 0 aliphatic heterocycles. The van der Waals surface area contributed by atoms with Gasteiger partial charge in [-0.3, -0.25) is 24.0 Å². The second-order valence-corrected chi connectivity index (χ2v) is 8.59. The molecule has 4 atom stereocenters. The second-order valence-electron chi connectivity index (χ2n) is 7.61. The van der Waals surface area contributed by atoms with E-state index in [2.05, 4.69) is 16.0 Å². The number of nitrogens with one attached hydrogen (secondary N) is 3. The van der Waals surface area contributed by atoms with Crippen molar-refractivity contribution in [3.8, 4) is 0 Å². The SMILES string of the molecule is CSCCC(NC(=O)C(NC(=O)C(CC(=O)O)NC(=O)C(N)CCC(=O)O)C(C)C)C(=O)O. The highest BCUT2D eigenvalue weighted by molar-refractivity contribution is 7.98. The fraction of sp³-hybridized carbons (Fsp3) is 0.684. The van der Waals surface area contributed by atoms with Crippen LogP contribution in [0, 0.1) is 5.92 Å². The van der Waals surface area contributed by atoms with Crippen molar-refractivity contribution in [2.75, 3.05) is 12.0 Å². The normalized spacial score (nSPS) is 14.5. The molecule has 3 amide bonds. The van der Waals surface area contributed by atoms with Crippen LogP contribution in [0.5, 0.6) is 0 Å². The summed E-state index contributed by atoms with van der Waals surface area (Å²) >= 11 is 1.40. The van der Waals surface area contributed by atoms with E-state index in [9.17, 15) is 33.9 Å². The first-order valence-electron chi connectivity index (χ1n) is 10.1. The van der Waals surface area contributed by atoms with Crippen LogP contribution in [0.2, 0.25) is 0 Å². The summed E-state index contributed by atoms with van der Waals surface area (Å²) in [5.74, 6) is -6.53. The average Bonchev–Trinajstić information content (AvgIpc) is 2.71. The van der Waals surface area contributed by atoms with Crippen LogP contribution in [-0.2, 0) is 28.8 Å². The van der Waals surface area contributed by atoms with Gasteiger partial charge in [-0.15, -0.1) is 0 Å². The molecule has 0 saturated carbocycles. The zero-order valence-electron chi connectivity index (χ0n) is 18.7. The van der Waals surface area contributed by atoms with Crippen LogP contribution in [0.25, 0.3) is 0 Å². The van der Waals surface area contributed by atoms with Gasteiger partial charge in [-0.25, -0.2) is 4.79 Å². The summed E-state index contributed by atoms with van der Waals surface area (Å²) in [5, 5.41) is 33.9. The molecule has 0 aliphatic carbocycles. The van der Waals surface area contributed by atoms with Crippen molar-refractivity contribution in [1.82, 2.24) is 16.0 Å². The van der Waals surface area contributed by atoms with E-state index in [0.717, 1.165) is 0 Å². The maximum Gasteiger partial charge on any atom is 0.326 e. The summed E-state index contributed by atoms with van der Waals surface area (Å²) in [6.07, 6.45) is 0.490. The molecular formula is C19H32N4O9S. The molecule has 0 spiro atoms. The molecule has 188 valence electrons. The molecule has 4 unspecified atom stereocenters. The van der Waals surface area contributed by atoms with E-state index in [1.807, 2.05) is 0 Å². The highest BCUT2D eigenvalue weighted by atomic mass is 32.2. The number of rotatable bonds is 16. The van der Waals surface area contributed by atoms with Gasteiger partial charge in [-0.1, -0.05) is 13.8 Å². The van der Waals surface area contributed by atoms with Crippen LogP contribution in [0.1, 0.15) is 39.5 Å². The van der Waals surface area contributed by atoms with Crippen LogP contribution in [0.15, 0.2) is 0 Å². The number of hydrogen-bond acceptors (Lipinski definition) is 8. The Balaban J connectivity index is 5.37. The van der Waals surface area contributed by atoms with E-state index in [-0.39, 0.29) is 12.8 Å². The van der Waals surface area contributed by atoms with Gasteiger partial charge in [0.05, 0.1) is 12.5 Å². The third kappa shape index (κ3) is 12.1. The third-order valence-electron chi connectivity index (χ3n) is 4.49. The standard InChI is InChI=1S/C19H32N4O9S/c1-9(2)15(18(30)21-11(19(31)32)6-7-33-3)23-17(29)12(8-14(26)27)22-16(28)10(20)4-5-13(24)25/h9-12,15H,4-8,20H2,1-3H3,(H,21,30)(H,22,28)(H,23,29)(H,24,25)(H,26,27)(H,31,32). The highest BCUT2D eigenvalue weighted by Gasteiger charge is 2.32. The summed E-state index contributed by atoms with van der Waals surface area (Å²) in [6, 6.07) is -5.26. The largest absolute Gasteiger partial charge is 0.481 e. The molecule has 0 aromatic rings. The Morgan fingerprint density at radius 1 is 0.818 bits per heavy atom. The lowest BCUT2D eigenvalue weighted by Gasteiger charge is -2.26. The Labute approximate surface area is 195 Å². The molecular weight excluding hydrogens is 460 g/mol. The van der Waals surface area contributed by atoms with Crippen LogP contribution in [-0.4, -0.2) is 87.1 Å². The summed E-state index contributed by atoms with van der Waals surface area (Å²) in [6.45, 7) is 3.18. The molecule has 0 bridgehead atoms. The number of nitrogens with two attached hydrogens (primary N) is 1. The first kappa shape index (κ1) is 30.1. The van der Waals surface area contributed by atoms with Gasteiger partial charge in [-0.2, -0.15) is 11.8 Å². The van der Waals surface area contributed by atoms with Crippen LogP contribution in [0.3, 0.4) is 0 Å². The molecule has 14 heteroatoms. The van der Waals surface area contributed by atoms with Crippen molar-refractivity contribution >= 4 is 47.4 Å². The van der Waals surface area contributed by atoms with Gasteiger partial charge in [-0.05, 0) is 30.8 Å². The smallest absolute Gasteiger partial charge is 0.326 e. The van der Waals surface area contributed by atoms with Crippen molar-refractivity contribution in [2.24, 2.45) is 11.7 Å². The average molecular weight is 493 g/mol. The Morgan fingerprint density at radius 3 is 1.85 bits per heavy atom. The van der Waals surface area contributed by atoms with E-state index in [0.29, 0.717) is 5.75 Å². The van der Waals surface area contributed by atoms with Crippen LogP contribution in [0.4, 0.5) is 0 Å². The molecule has 0 fully saturated rings. The molecule has 0 radical (unpaired) electrons. The second kappa shape index (κ2) is 15.1. The minimum Gasteiger partial charge on any atom is -0.481 e. The quantitative estimate of drug-likeness (QED) is 0.133. The predicted molar refractivity (Wildman–Crippen MR) is 118 cm³/mol. The summed E-state index contributed by atoms with van der Waals surface area (Å²) < 4.78 is 0. The fourth-order valence-electron chi connectivity index (χ4n) is 2.62. The number of thioether (sulfide) groups is 1. The zero-order valence-corrected chi connectivity index (χ0v) is 19.5. The Bertz CT molecular complexity index is 732. The van der Waals surface area contributed by atoms with E-state index in [1.54, 1.807) is 20.1 Å². The number of aliphatic carboxylic acids is 3. The van der Waals surface area contributed by atoms with E-state index < -0.39 is 78.6 Å². The van der Waals surface area contributed by atoms with Gasteiger partial charge in [0.15, 0.2) is 0 Å². The van der Waals surface area contributed by atoms with Crippen LogP contribution < -0.4 is 21.7 Å². The first-order chi connectivity index (χ1) is 15.3. The summed E-state index contributed by atoms with van der Waals surface area (Å²) in [5.41, 5.74) is 5.59. The summed E-state index contributed by atoms with van der Waals surface area (Å²) in [7, 11) is 0. The minimum atomic E-state index is -1.59. The van der Waals surface area contributed by atoms with Crippen molar-refractivity contribution in [2.45, 2.75) is 63.7 Å². The van der Waals surface area contributed by atoms with Gasteiger partial charge >= 0.3 is 17.9 Å². The molecule has 8 N–H and O–H groups in total. The molecule has 0 saturated heterocycles. The van der Waals surface area contributed by atoms with Gasteiger partial charge in [0.1, 0.15) is 18.1 Å². The Hall–Kier alpha value is -2.87. The maximum absolute atomic E-state index is 12.7. The Morgan fingerprint density at radius 2 is 1.39 bits per heavy atom. The van der Waals surface area contributed by atoms with Gasteiger partial charge < -0.3 is 37.0 Å². The number of carbonyl (C=O) groups excluding carboxylic acids is 3. The van der Waals surface area contributed by atoms with Gasteiger partial charge in [0.2, 0.25) is 17.7 Å². The molecule has 0 aromatic carbocycles. The predicted octanol–water partition coefficient (Wildman–Crippen LogP) is -1.40. The summed E-state index contributed by atoms with van der Waals surface area (Å²) in [4.78, 5) is 70.7. The van der Waals surface area contributed by atoms with E-state index in [1.165, 1.54) is 11.8 Å². The zero-order chi connectivity index (χ0) is 25.7. The molecule has 13 nitrogen and oxygen atoms in total. The lowest BCUT2D eigenvalue weighted by Crippen LogP contribution is -2.58. The lowest BCUT2D eigenvalue weighted by atomic mass is 10.0. The van der Waals surface area contributed by atoms with E-state index >= 15 is 0 Å². The number of amides is 3. The van der Waals surface area contributed by atoms with E-state index in [4.69, 9.17) is 15.9 Å². The third-order valence-corrected chi connectivity index (χ3v) is 5.13. The number of carbonyl (C=O) groups is 6. The molecule has 0 rings (SSSR count). The number of carboxylic acid groups (broad SMARTS) is 3. The monoisotopic (exact) mass is 492 g/mol. The fourth-order valence-corrected chi connectivity index (χ4v) is 3.09. The van der Waals surface area contributed by atoms with Crippen LogP contribution >= 0.6 is 11.8 Å². The van der Waals surface area contributed by atoms with Crippen molar-refractivity contribution < 1.29 is 44.1 Å². The van der Waals surface area contributed by atoms with Gasteiger partial charge in [0, 0.05) is 6.42 Å².